The summed E-state index contributed by atoms with van der Waals surface area (Å²) in [5.41, 5.74) is 7.34. The van der Waals surface area contributed by atoms with Gasteiger partial charge in [0.25, 0.3) is 0 Å². The van der Waals surface area contributed by atoms with Crippen molar-refractivity contribution in [2.75, 3.05) is 11.6 Å². The molecule has 1 heterocycles. The molecule has 94 valence electrons. The monoisotopic (exact) mass is 263 g/mol. The van der Waals surface area contributed by atoms with Gasteiger partial charge in [0.1, 0.15) is 0 Å². The summed E-state index contributed by atoms with van der Waals surface area (Å²) in [4.78, 5) is 10.9. The van der Waals surface area contributed by atoms with Crippen LogP contribution in [0.1, 0.15) is 12.5 Å². The molecule has 0 unspecified atom stereocenters. The zero-order valence-electron chi connectivity index (χ0n) is 10.0. The highest BCUT2D eigenvalue weighted by atomic mass is 32.2. The van der Waals surface area contributed by atoms with Crippen LogP contribution < -0.4 is 16.2 Å². The molecule has 1 aliphatic rings. The van der Waals surface area contributed by atoms with Crippen molar-refractivity contribution in [1.29, 1.82) is 0 Å². The molecule has 0 saturated carbocycles. The molecule has 0 fully saturated rings. The third-order valence-electron chi connectivity index (χ3n) is 2.20. The average molecular weight is 263 g/mol. The molecule has 6 nitrogen and oxygen atoms in total. The van der Waals surface area contributed by atoms with E-state index in [9.17, 15) is 4.79 Å². The summed E-state index contributed by atoms with van der Waals surface area (Å²) in [5, 5.41) is 11.7. The number of hydrogen-bond donors (Lipinski definition) is 3. The van der Waals surface area contributed by atoms with E-state index >= 15 is 0 Å². The van der Waals surface area contributed by atoms with Crippen LogP contribution in [-0.2, 0) is 4.79 Å². The van der Waals surface area contributed by atoms with Crippen molar-refractivity contribution in [2.45, 2.75) is 6.92 Å². The molecule has 3 N–H and O–H groups in total. The van der Waals surface area contributed by atoms with Gasteiger partial charge in [0, 0.05) is 18.2 Å². The quantitative estimate of drug-likeness (QED) is 0.747. The second-order valence-electron chi connectivity index (χ2n) is 3.56. The number of benzene rings is 1. The van der Waals surface area contributed by atoms with Gasteiger partial charge in [0.05, 0.1) is 0 Å². The molecule has 0 bridgehead atoms. The number of amidine groups is 2. The van der Waals surface area contributed by atoms with Crippen LogP contribution in [0.15, 0.2) is 34.5 Å². The van der Waals surface area contributed by atoms with E-state index in [-0.39, 0.29) is 5.91 Å². The van der Waals surface area contributed by atoms with E-state index in [2.05, 4.69) is 26.4 Å². The summed E-state index contributed by atoms with van der Waals surface area (Å²) >= 11 is 1.47. The number of thioether (sulfide) groups is 1. The van der Waals surface area contributed by atoms with Gasteiger partial charge < -0.3 is 5.32 Å². The van der Waals surface area contributed by atoms with Crippen LogP contribution in [0.2, 0.25) is 0 Å². The van der Waals surface area contributed by atoms with Gasteiger partial charge >= 0.3 is 0 Å². The lowest BCUT2D eigenvalue weighted by Gasteiger charge is -2.13. The maximum atomic E-state index is 10.9. The number of carbonyl (C=O) groups excluding carboxylic acids is 1. The van der Waals surface area contributed by atoms with Crippen LogP contribution in [-0.4, -0.2) is 23.2 Å². The SMILES string of the molecule is CSC1=NNC(c2ccc(NC(C)=O)cc2)=NN1. The molecule has 0 radical (unpaired) electrons. The highest BCUT2D eigenvalue weighted by molar-refractivity contribution is 8.13. The molecule has 1 aromatic carbocycles. The Balaban J connectivity index is 2.07. The van der Waals surface area contributed by atoms with Gasteiger partial charge in [-0.15, -0.1) is 5.10 Å². The van der Waals surface area contributed by atoms with E-state index in [1.807, 2.05) is 30.5 Å². The minimum Gasteiger partial charge on any atom is -0.326 e. The van der Waals surface area contributed by atoms with Crippen molar-refractivity contribution >= 4 is 34.4 Å². The molecule has 18 heavy (non-hydrogen) atoms. The number of carbonyl (C=O) groups is 1. The van der Waals surface area contributed by atoms with E-state index in [1.54, 1.807) is 0 Å². The summed E-state index contributed by atoms with van der Waals surface area (Å²) in [5.74, 6) is 0.550. The Morgan fingerprint density at radius 2 is 1.94 bits per heavy atom. The van der Waals surface area contributed by atoms with Crippen molar-refractivity contribution < 1.29 is 4.79 Å². The fraction of sp³-hybridized carbons (Fsp3) is 0.182. The second-order valence-corrected chi connectivity index (χ2v) is 4.36. The number of nitrogens with zero attached hydrogens (tertiary/aromatic N) is 2. The predicted octanol–water partition coefficient (Wildman–Crippen LogP) is 1.13. The lowest BCUT2D eigenvalue weighted by Crippen LogP contribution is -2.32. The Kier molecular flexibility index (Phi) is 3.83. The van der Waals surface area contributed by atoms with Gasteiger partial charge in [-0.1, -0.05) is 11.8 Å². The number of rotatable bonds is 2. The maximum absolute atomic E-state index is 10.9. The van der Waals surface area contributed by atoms with Crippen molar-refractivity contribution in [1.82, 2.24) is 10.9 Å². The molecule has 0 saturated heterocycles. The summed E-state index contributed by atoms with van der Waals surface area (Å²) < 4.78 is 0. The Hall–Kier alpha value is -2.02. The van der Waals surface area contributed by atoms with Gasteiger partial charge in [0.2, 0.25) is 11.1 Å². The summed E-state index contributed by atoms with van der Waals surface area (Å²) in [6.45, 7) is 1.48. The predicted molar refractivity (Wildman–Crippen MR) is 74.5 cm³/mol. The largest absolute Gasteiger partial charge is 0.326 e. The molecule has 1 amide bonds. The van der Waals surface area contributed by atoms with Gasteiger partial charge in [-0.2, -0.15) is 5.10 Å². The lowest BCUT2D eigenvalue weighted by molar-refractivity contribution is -0.114. The highest BCUT2D eigenvalue weighted by Crippen LogP contribution is 2.10. The van der Waals surface area contributed by atoms with Crippen LogP contribution >= 0.6 is 11.8 Å². The standard InChI is InChI=1S/C11H13N5OS/c1-7(17)12-9-5-3-8(4-6-9)10-13-15-11(18-2)16-14-10/h3-6H,1-2H3,(H,12,17)(H,13,14)(H,15,16). The molecule has 2 rings (SSSR count). The lowest BCUT2D eigenvalue weighted by atomic mass is 10.2. The number of nitrogens with one attached hydrogen (secondary N) is 3. The van der Waals surface area contributed by atoms with Gasteiger partial charge in [-0.3, -0.25) is 15.6 Å². The second kappa shape index (κ2) is 5.54. The minimum atomic E-state index is -0.0910. The number of anilines is 1. The van der Waals surface area contributed by atoms with Crippen molar-refractivity contribution in [3.8, 4) is 0 Å². The van der Waals surface area contributed by atoms with Gasteiger partial charge in [-0.25, -0.2) is 0 Å². The van der Waals surface area contributed by atoms with E-state index in [4.69, 9.17) is 0 Å². The number of amides is 1. The number of hydrazone groups is 2. The molecule has 1 aromatic rings. The molecule has 0 aromatic heterocycles. The normalized spacial score (nSPS) is 13.9. The van der Waals surface area contributed by atoms with E-state index in [1.165, 1.54) is 18.7 Å². The Morgan fingerprint density at radius 1 is 1.22 bits per heavy atom. The van der Waals surface area contributed by atoms with Crippen LogP contribution in [0.3, 0.4) is 0 Å². The van der Waals surface area contributed by atoms with Crippen molar-refractivity contribution in [3.05, 3.63) is 29.8 Å². The van der Waals surface area contributed by atoms with Crippen molar-refractivity contribution in [3.63, 3.8) is 0 Å². The maximum Gasteiger partial charge on any atom is 0.221 e. The van der Waals surface area contributed by atoms with E-state index in [0.29, 0.717) is 11.0 Å². The van der Waals surface area contributed by atoms with Crippen LogP contribution in [0.4, 0.5) is 5.69 Å². The zero-order chi connectivity index (χ0) is 13.0. The molecule has 1 aliphatic heterocycles. The van der Waals surface area contributed by atoms with Crippen LogP contribution in [0, 0.1) is 0 Å². The van der Waals surface area contributed by atoms with Gasteiger partial charge in [0.15, 0.2) is 5.84 Å². The molecule has 0 spiro atoms. The molecule has 0 aliphatic carbocycles. The van der Waals surface area contributed by atoms with Crippen LogP contribution in [0.25, 0.3) is 0 Å². The molecular formula is C11H13N5OS. The van der Waals surface area contributed by atoms with Crippen LogP contribution in [0.5, 0.6) is 0 Å². The molecular weight excluding hydrogens is 250 g/mol. The average Bonchev–Trinajstić information content (AvgIpc) is 2.39. The topological polar surface area (TPSA) is 77.9 Å². The smallest absolute Gasteiger partial charge is 0.221 e. The summed E-state index contributed by atoms with van der Waals surface area (Å²) in [6.07, 6.45) is 1.91. The highest BCUT2D eigenvalue weighted by Gasteiger charge is 2.08. The zero-order valence-corrected chi connectivity index (χ0v) is 10.8. The first-order valence-corrected chi connectivity index (χ1v) is 6.51. The Labute approximate surface area is 109 Å². The third kappa shape index (κ3) is 3.01. The molecule has 7 heteroatoms. The first-order chi connectivity index (χ1) is 8.69. The summed E-state index contributed by atoms with van der Waals surface area (Å²) in [6, 6.07) is 7.35. The van der Waals surface area contributed by atoms with E-state index < -0.39 is 0 Å². The first-order valence-electron chi connectivity index (χ1n) is 5.28. The fourth-order valence-corrected chi connectivity index (χ4v) is 1.67. The van der Waals surface area contributed by atoms with E-state index in [0.717, 1.165) is 11.3 Å². The van der Waals surface area contributed by atoms with Gasteiger partial charge in [-0.05, 0) is 30.5 Å². The Morgan fingerprint density at radius 3 is 2.44 bits per heavy atom. The summed E-state index contributed by atoms with van der Waals surface area (Å²) in [7, 11) is 0. The van der Waals surface area contributed by atoms with Crippen molar-refractivity contribution in [2.24, 2.45) is 10.2 Å². The fourth-order valence-electron chi connectivity index (χ4n) is 1.39. The Bertz CT molecular complexity index is 509. The number of hydrogen-bond acceptors (Lipinski definition) is 6. The molecule has 0 atom stereocenters. The first kappa shape index (κ1) is 12.4. The minimum absolute atomic E-state index is 0.0910. The third-order valence-corrected chi connectivity index (χ3v) is 2.77.